The number of rotatable bonds is 1. The summed E-state index contributed by atoms with van der Waals surface area (Å²) in [4.78, 5) is 0. The largest absolute Gasteiger partial charge is 0.417 e. The lowest BCUT2D eigenvalue weighted by atomic mass is 9.91. The summed E-state index contributed by atoms with van der Waals surface area (Å²) < 4.78 is 39.2. The van der Waals surface area contributed by atoms with Crippen LogP contribution in [-0.4, -0.2) is 0 Å². The molecule has 2 aromatic carbocycles. The Balaban J connectivity index is 2.27. The molecule has 0 amide bonds. The molecule has 0 saturated carbocycles. The molecule has 1 aliphatic carbocycles. The molecule has 0 N–H and O–H groups in total. The summed E-state index contributed by atoms with van der Waals surface area (Å²) in [5.74, 6) is 0. The van der Waals surface area contributed by atoms with Gasteiger partial charge < -0.3 is 0 Å². The Kier molecular flexibility index (Phi) is 3.13. The Hall–Kier alpha value is -2.03. The predicted molar refractivity (Wildman–Crippen MR) is 75.0 cm³/mol. The molecule has 0 saturated heterocycles. The van der Waals surface area contributed by atoms with Gasteiger partial charge in [-0.05, 0) is 40.8 Å². The predicted octanol–water partition coefficient (Wildman–Crippen LogP) is 5.41. The van der Waals surface area contributed by atoms with E-state index >= 15 is 0 Å². The summed E-state index contributed by atoms with van der Waals surface area (Å²) in [5, 5.41) is 0.890. The van der Waals surface area contributed by atoms with E-state index in [0.717, 1.165) is 17.6 Å². The zero-order valence-corrected chi connectivity index (χ0v) is 10.6. The maximum atomic E-state index is 13.1. The first kappa shape index (κ1) is 13.0. The second kappa shape index (κ2) is 4.82. The van der Waals surface area contributed by atoms with Crippen molar-refractivity contribution in [2.75, 3.05) is 0 Å². The molecular formula is C17H12F3. The van der Waals surface area contributed by atoms with Crippen molar-refractivity contribution in [1.29, 1.82) is 0 Å². The van der Waals surface area contributed by atoms with Crippen LogP contribution < -0.4 is 0 Å². The molecule has 2 aromatic rings. The van der Waals surface area contributed by atoms with Gasteiger partial charge in [0.15, 0.2) is 0 Å². The van der Waals surface area contributed by atoms with Crippen LogP contribution in [0.3, 0.4) is 0 Å². The second-order valence-corrected chi connectivity index (χ2v) is 4.69. The van der Waals surface area contributed by atoms with E-state index in [9.17, 15) is 13.2 Å². The standard InChI is InChI=1S/C17H12F3/c18-17(19,20)16-11-10-13(12-6-2-1-3-7-12)14-8-4-5-9-15(14)16/h1-2,4-11H,3H2. The summed E-state index contributed by atoms with van der Waals surface area (Å²) in [6, 6.07) is 9.41. The summed E-state index contributed by atoms with van der Waals surface area (Å²) in [6.45, 7) is 0. The van der Waals surface area contributed by atoms with Crippen molar-refractivity contribution >= 4 is 16.3 Å². The smallest absolute Gasteiger partial charge is 0.166 e. The number of benzene rings is 2. The first-order chi connectivity index (χ1) is 9.57. The lowest BCUT2D eigenvalue weighted by molar-refractivity contribution is -0.136. The molecule has 3 rings (SSSR count). The highest BCUT2D eigenvalue weighted by Crippen LogP contribution is 2.38. The van der Waals surface area contributed by atoms with E-state index in [-0.39, 0.29) is 5.39 Å². The van der Waals surface area contributed by atoms with Gasteiger partial charge in [-0.2, -0.15) is 13.2 Å². The van der Waals surface area contributed by atoms with Gasteiger partial charge in [0.05, 0.1) is 5.56 Å². The quantitative estimate of drug-likeness (QED) is 0.652. The number of alkyl halides is 3. The number of hydrogen-bond donors (Lipinski definition) is 0. The molecule has 1 aliphatic rings. The molecule has 0 nitrogen and oxygen atoms in total. The molecule has 1 radical (unpaired) electrons. The number of allylic oxidation sites excluding steroid dienone is 4. The topological polar surface area (TPSA) is 0 Å². The zero-order valence-electron chi connectivity index (χ0n) is 10.6. The van der Waals surface area contributed by atoms with E-state index < -0.39 is 11.7 Å². The van der Waals surface area contributed by atoms with Gasteiger partial charge in [-0.3, -0.25) is 0 Å². The normalized spacial score (nSPS) is 15.4. The molecule has 0 aliphatic heterocycles. The zero-order chi connectivity index (χ0) is 14.2. The Labute approximate surface area is 115 Å². The summed E-state index contributed by atoms with van der Waals surface area (Å²) >= 11 is 0. The van der Waals surface area contributed by atoms with E-state index in [2.05, 4.69) is 0 Å². The summed E-state index contributed by atoms with van der Waals surface area (Å²) in [7, 11) is 0. The third-order valence-corrected chi connectivity index (χ3v) is 3.43. The van der Waals surface area contributed by atoms with Gasteiger partial charge >= 0.3 is 6.18 Å². The van der Waals surface area contributed by atoms with Crippen LogP contribution in [0.2, 0.25) is 0 Å². The molecule has 101 valence electrons. The van der Waals surface area contributed by atoms with Gasteiger partial charge in [0.2, 0.25) is 0 Å². The monoisotopic (exact) mass is 273 g/mol. The molecule has 0 aromatic heterocycles. The van der Waals surface area contributed by atoms with Gasteiger partial charge in [0.1, 0.15) is 0 Å². The Bertz CT molecular complexity index is 706. The van der Waals surface area contributed by atoms with E-state index in [1.807, 2.05) is 24.6 Å². The Morgan fingerprint density at radius 1 is 0.900 bits per heavy atom. The number of hydrogen-bond acceptors (Lipinski definition) is 0. The first-order valence-electron chi connectivity index (χ1n) is 6.37. The van der Waals surface area contributed by atoms with Crippen LogP contribution in [0.4, 0.5) is 13.2 Å². The maximum absolute atomic E-state index is 13.1. The Morgan fingerprint density at radius 2 is 1.65 bits per heavy atom. The third kappa shape index (κ3) is 2.24. The molecule has 0 fully saturated rings. The lowest BCUT2D eigenvalue weighted by Crippen LogP contribution is -2.06. The van der Waals surface area contributed by atoms with Gasteiger partial charge in [-0.15, -0.1) is 0 Å². The number of halogens is 3. The van der Waals surface area contributed by atoms with E-state index in [0.29, 0.717) is 5.39 Å². The highest BCUT2D eigenvalue weighted by molar-refractivity contribution is 5.98. The minimum Gasteiger partial charge on any atom is -0.166 e. The lowest BCUT2D eigenvalue weighted by Gasteiger charge is -2.16. The van der Waals surface area contributed by atoms with Gasteiger partial charge in [-0.1, -0.05) is 48.6 Å². The van der Waals surface area contributed by atoms with Crippen molar-refractivity contribution in [3.8, 4) is 0 Å². The molecule has 0 atom stereocenters. The minimum atomic E-state index is -4.33. The fraction of sp³-hybridized carbons (Fsp3) is 0.118. The molecule has 3 heteroatoms. The molecule has 20 heavy (non-hydrogen) atoms. The Morgan fingerprint density at radius 3 is 2.30 bits per heavy atom. The van der Waals surface area contributed by atoms with Crippen LogP contribution >= 0.6 is 0 Å². The minimum absolute atomic E-state index is 0.251. The van der Waals surface area contributed by atoms with Crippen molar-refractivity contribution < 1.29 is 13.2 Å². The molecular weight excluding hydrogens is 261 g/mol. The van der Waals surface area contributed by atoms with E-state index in [1.165, 1.54) is 12.1 Å². The highest BCUT2D eigenvalue weighted by Gasteiger charge is 2.32. The fourth-order valence-electron chi connectivity index (χ4n) is 2.51. The van der Waals surface area contributed by atoms with Crippen molar-refractivity contribution in [3.05, 3.63) is 72.2 Å². The molecule has 0 unspecified atom stereocenters. The fourth-order valence-corrected chi connectivity index (χ4v) is 2.51. The van der Waals surface area contributed by atoms with E-state index in [4.69, 9.17) is 0 Å². The highest BCUT2D eigenvalue weighted by atomic mass is 19.4. The van der Waals surface area contributed by atoms with Crippen LogP contribution in [0.15, 0.2) is 54.6 Å². The van der Waals surface area contributed by atoms with Gasteiger partial charge in [0.25, 0.3) is 0 Å². The SMILES string of the molecule is FC(F)(F)c1ccc(C2=CC=CC[CH]2)c2ccccc12. The molecule has 0 heterocycles. The van der Waals surface area contributed by atoms with Gasteiger partial charge in [0, 0.05) is 0 Å². The third-order valence-electron chi connectivity index (χ3n) is 3.43. The van der Waals surface area contributed by atoms with Crippen molar-refractivity contribution in [2.24, 2.45) is 0 Å². The van der Waals surface area contributed by atoms with Crippen LogP contribution in [0.25, 0.3) is 16.3 Å². The number of fused-ring (bicyclic) bond motifs is 1. The average molecular weight is 273 g/mol. The second-order valence-electron chi connectivity index (χ2n) is 4.69. The average Bonchev–Trinajstić information content (AvgIpc) is 2.46. The van der Waals surface area contributed by atoms with E-state index in [1.54, 1.807) is 24.3 Å². The van der Waals surface area contributed by atoms with Crippen molar-refractivity contribution in [1.82, 2.24) is 0 Å². The van der Waals surface area contributed by atoms with Crippen molar-refractivity contribution in [3.63, 3.8) is 0 Å². The van der Waals surface area contributed by atoms with Crippen LogP contribution in [0.5, 0.6) is 0 Å². The van der Waals surface area contributed by atoms with Crippen LogP contribution in [0, 0.1) is 6.42 Å². The van der Waals surface area contributed by atoms with Crippen LogP contribution in [0.1, 0.15) is 17.5 Å². The molecule has 0 bridgehead atoms. The summed E-state index contributed by atoms with van der Waals surface area (Å²) in [6.07, 6.45) is 4.37. The van der Waals surface area contributed by atoms with Gasteiger partial charge in [-0.25, -0.2) is 0 Å². The first-order valence-corrected chi connectivity index (χ1v) is 6.37. The maximum Gasteiger partial charge on any atom is 0.417 e. The molecule has 0 spiro atoms. The van der Waals surface area contributed by atoms with Crippen molar-refractivity contribution in [2.45, 2.75) is 12.6 Å². The summed E-state index contributed by atoms with van der Waals surface area (Å²) in [5.41, 5.74) is 1.24. The van der Waals surface area contributed by atoms with Crippen LogP contribution in [-0.2, 0) is 6.18 Å².